The molecule has 31 heavy (non-hydrogen) atoms. The number of amides is 1. The molecule has 1 aliphatic heterocycles. The maximum absolute atomic E-state index is 13.2. The Morgan fingerprint density at radius 3 is 2.45 bits per heavy atom. The minimum atomic E-state index is -3.74. The number of carbonyl (C=O) groups excluding carboxylic acids is 1. The van der Waals surface area contributed by atoms with Crippen molar-refractivity contribution in [2.45, 2.75) is 39.3 Å². The summed E-state index contributed by atoms with van der Waals surface area (Å²) in [5, 5.41) is 3.36. The van der Waals surface area contributed by atoms with Gasteiger partial charge in [0.05, 0.1) is 18.0 Å². The molecule has 9 heteroatoms. The number of halogens is 1. The fraction of sp³-hybridized carbons (Fsp3) is 0.409. The highest BCUT2D eigenvalue weighted by Crippen LogP contribution is 2.33. The first kappa shape index (κ1) is 23.2. The van der Waals surface area contributed by atoms with E-state index in [0.29, 0.717) is 35.4 Å². The van der Waals surface area contributed by atoms with E-state index in [1.807, 2.05) is 26.0 Å². The molecule has 0 saturated carbocycles. The van der Waals surface area contributed by atoms with Crippen LogP contribution in [-0.4, -0.2) is 39.8 Å². The molecule has 0 bridgehead atoms. The van der Waals surface area contributed by atoms with Crippen molar-refractivity contribution >= 4 is 33.2 Å². The summed E-state index contributed by atoms with van der Waals surface area (Å²) in [4.78, 5) is 13.2. The van der Waals surface area contributed by atoms with Gasteiger partial charge >= 0.3 is 0 Å². The number of anilines is 1. The maximum Gasteiger partial charge on any atom is 0.244 e. The Balaban J connectivity index is 1.85. The summed E-state index contributed by atoms with van der Waals surface area (Å²) in [5.41, 5.74) is 2.01. The maximum atomic E-state index is 13.2. The topological polar surface area (TPSA) is 84.9 Å². The van der Waals surface area contributed by atoms with E-state index in [2.05, 4.69) is 5.32 Å². The predicted octanol–water partition coefficient (Wildman–Crippen LogP) is 3.84. The fourth-order valence-corrected chi connectivity index (χ4v) is 4.88. The minimum Gasteiger partial charge on any atom is -0.486 e. The van der Waals surface area contributed by atoms with Crippen LogP contribution in [0.1, 0.15) is 37.4 Å². The van der Waals surface area contributed by atoms with Crippen LogP contribution < -0.4 is 19.1 Å². The molecule has 0 radical (unpaired) electrons. The Kier molecular flexibility index (Phi) is 7.01. The number of nitrogens with zero attached hydrogens (tertiary/aromatic N) is 1. The molecule has 0 aromatic heterocycles. The number of ether oxygens (including phenoxy) is 2. The Hall–Kier alpha value is -2.45. The van der Waals surface area contributed by atoms with Gasteiger partial charge in [-0.1, -0.05) is 30.7 Å². The molecule has 1 aliphatic rings. The second-order valence-electron chi connectivity index (χ2n) is 7.55. The van der Waals surface area contributed by atoms with Crippen molar-refractivity contribution < 1.29 is 22.7 Å². The SMILES string of the molecule is CCC(C(=O)NC(C)c1ccc2c(c1)OCCO2)N(c1ccc(C)c(Cl)c1)S(C)(=O)=O. The molecule has 3 rings (SSSR count). The summed E-state index contributed by atoms with van der Waals surface area (Å²) in [5.74, 6) is 0.899. The average molecular weight is 467 g/mol. The molecule has 0 fully saturated rings. The van der Waals surface area contributed by atoms with Gasteiger partial charge in [-0.25, -0.2) is 8.42 Å². The van der Waals surface area contributed by atoms with Crippen molar-refractivity contribution in [3.8, 4) is 11.5 Å². The van der Waals surface area contributed by atoms with E-state index < -0.39 is 22.0 Å². The van der Waals surface area contributed by atoms with E-state index >= 15 is 0 Å². The average Bonchev–Trinajstić information content (AvgIpc) is 2.72. The Morgan fingerprint density at radius 2 is 1.84 bits per heavy atom. The van der Waals surface area contributed by atoms with Gasteiger partial charge in [-0.3, -0.25) is 9.10 Å². The molecule has 168 valence electrons. The number of sulfonamides is 1. The molecule has 2 aromatic carbocycles. The van der Waals surface area contributed by atoms with Crippen molar-refractivity contribution in [3.05, 3.63) is 52.5 Å². The molecule has 2 unspecified atom stereocenters. The third kappa shape index (κ3) is 5.25. The Morgan fingerprint density at radius 1 is 1.16 bits per heavy atom. The Labute approximate surface area is 188 Å². The van der Waals surface area contributed by atoms with Crippen molar-refractivity contribution in [3.63, 3.8) is 0 Å². The first-order valence-electron chi connectivity index (χ1n) is 10.1. The zero-order valence-electron chi connectivity index (χ0n) is 18.0. The second kappa shape index (κ2) is 9.36. The highest BCUT2D eigenvalue weighted by atomic mass is 35.5. The van der Waals surface area contributed by atoms with Crippen molar-refractivity contribution in [1.29, 1.82) is 0 Å². The van der Waals surface area contributed by atoms with E-state index in [9.17, 15) is 13.2 Å². The largest absolute Gasteiger partial charge is 0.486 e. The number of nitrogens with one attached hydrogen (secondary N) is 1. The third-order valence-corrected chi connectivity index (χ3v) is 6.75. The second-order valence-corrected chi connectivity index (χ2v) is 9.82. The molecule has 2 aromatic rings. The normalized spacial score (nSPS) is 15.1. The number of aryl methyl sites for hydroxylation is 1. The van der Waals surface area contributed by atoms with E-state index in [0.717, 1.165) is 21.7 Å². The first-order chi connectivity index (χ1) is 14.6. The van der Waals surface area contributed by atoms with E-state index in [1.165, 1.54) is 0 Å². The van der Waals surface area contributed by atoms with Gasteiger partial charge in [0.25, 0.3) is 0 Å². The molecule has 2 atom stereocenters. The molecular formula is C22H27ClN2O5S. The summed E-state index contributed by atoms with van der Waals surface area (Å²) >= 11 is 6.21. The molecule has 7 nitrogen and oxygen atoms in total. The summed E-state index contributed by atoms with van der Waals surface area (Å²) < 4.78 is 37.5. The van der Waals surface area contributed by atoms with E-state index in [-0.39, 0.29) is 12.5 Å². The van der Waals surface area contributed by atoms with Gasteiger partial charge < -0.3 is 14.8 Å². The molecule has 1 amide bonds. The van der Waals surface area contributed by atoms with Crippen molar-refractivity contribution in [1.82, 2.24) is 5.32 Å². The van der Waals surface area contributed by atoms with Gasteiger partial charge in [0.1, 0.15) is 19.3 Å². The quantitative estimate of drug-likeness (QED) is 0.670. The number of fused-ring (bicyclic) bond motifs is 1. The van der Waals surface area contributed by atoms with Crippen LogP contribution in [0.15, 0.2) is 36.4 Å². The highest BCUT2D eigenvalue weighted by molar-refractivity contribution is 7.92. The summed E-state index contributed by atoms with van der Waals surface area (Å²) in [6.07, 6.45) is 1.37. The number of rotatable bonds is 7. The minimum absolute atomic E-state index is 0.290. The van der Waals surface area contributed by atoms with Crippen molar-refractivity contribution in [2.75, 3.05) is 23.8 Å². The van der Waals surface area contributed by atoms with Crippen LogP contribution >= 0.6 is 11.6 Å². The molecule has 1 heterocycles. The van der Waals surface area contributed by atoms with E-state index in [1.54, 1.807) is 31.2 Å². The lowest BCUT2D eigenvalue weighted by molar-refractivity contribution is -0.122. The zero-order valence-corrected chi connectivity index (χ0v) is 19.6. The highest BCUT2D eigenvalue weighted by Gasteiger charge is 2.32. The van der Waals surface area contributed by atoms with Gasteiger partial charge in [0.15, 0.2) is 11.5 Å². The lowest BCUT2D eigenvalue weighted by Gasteiger charge is -2.31. The summed E-state index contributed by atoms with van der Waals surface area (Å²) in [7, 11) is -3.74. The predicted molar refractivity (Wildman–Crippen MR) is 122 cm³/mol. The number of benzene rings is 2. The van der Waals surface area contributed by atoms with Gasteiger partial charge in [-0.15, -0.1) is 0 Å². The molecule has 1 N–H and O–H groups in total. The monoisotopic (exact) mass is 466 g/mol. The molecular weight excluding hydrogens is 440 g/mol. The first-order valence-corrected chi connectivity index (χ1v) is 12.3. The summed E-state index contributed by atoms with van der Waals surface area (Å²) in [6.45, 7) is 6.41. The lowest BCUT2D eigenvalue weighted by Crippen LogP contribution is -2.49. The van der Waals surface area contributed by atoms with Gasteiger partial charge in [0, 0.05) is 5.02 Å². The van der Waals surface area contributed by atoms with Crippen LogP contribution in [0.3, 0.4) is 0 Å². The smallest absolute Gasteiger partial charge is 0.244 e. The number of carbonyl (C=O) groups is 1. The molecule has 0 spiro atoms. The van der Waals surface area contributed by atoms with Crippen LogP contribution in [0.4, 0.5) is 5.69 Å². The number of hydrogen-bond acceptors (Lipinski definition) is 5. The van der Waals surface area contributed by atoms with Gasteiger partial charge in [-0.05, 0) is 55.7 Å². The lowest BCUT2D eigenvalue weighted by atomic mass is 10.1. The van der Waals surface area contributed by atoms with Crippen LogP contribution in [0, 0.1) is 6.92 Å². The molecule has 0 aliphatic carbocycles. The fourth-order valence-electron chi connectivity index (χ4n) is 3.50. The van der Waals surface area contributed by atoms with Gasteiger partial charge in [0.2, 0.25) is 15.9 Å². The zero-order chi connectivity index (χ0) is 22.8. The van der Waals surface area contributed by atoms with Gasteiger partial charge in [-0.2, -0.15) is 0 Å². The third-order valence-electron chi connectivity index (χ3n) is 5.16. The van der Waals surface area contributed by atoms with Crippen LogP contribution in [0.25, 0.3) is 0 Å². The van der Waals surface area contributed by atoms with Crippen LogP contribution in [-0.2, 0) is 14.8 Å². The number of hydrogen-bond donors (Lipinski definition) is 1. The van der Waals surface area contributed by atoms with E-state index in [4.69, 9.17) is 21.1 Å². The van der Waals surface area contributed by atoms with Crippen molar-refractivity contribution in [2.24, 2.45) is 0 Å². The Bertz CT molecular complexity index is 1070. The molecule has 0 saturated heterocycles. The van der Waals surface area contributed by atoms with Crippen LogP contribution in [0.2, 0.25) is 5.02 Å². The summed E-state index contributed by atoms with van der Waals surface area (Å²) in [6, 6.07) is 9.16. The standard InChI is InChI=1S/C22H27ClN2O5S/c1-5-19(25(31(4,27)28)17-8-6-14(2)18(23)13-17)22(26)24-15(3)16-7-9-20-21(12-16)30-11-10-29-20/h6-9,12-13,15,19H,5,10-11H2,1-4H3,(H,24,26). The van der Waals surface area contributed by atoms with Crippen LogP contribution in [0.5, 0.6) is 11.5 Å².